The minimum atomic E-state index is -0.252. The Morgan fingerprint density at radius 3 is 2.79 bits per heavy atom. The highest BCUT2D eigenvalue weighted by Crippen LogP contribution is 2.47. The van der Waals surface area contributed by atoms with Gasteiger partial charge in [0.1, 0.15) is 17.3 Å². The van der Waals surface area contributed by atoms with Crippen molar-refractivity contribution in [3.63, 3.8) is 0 Å². The first-order valence-corrected chi connectivity index (χ1v) is 11.3. The van der Waals surface area contributed by atoms with Gasteiger partial charge in [-0.1, -0.05) is 0 Å². The van der Waals surface area contributed by atoms with Gasteiger partial charge < -0.3 is 20.1 Å². The zero-order chi connectivity index (χ0) is 20.4. The normalized spacial score (nSPS) is 24.2. The standard InChI is InChI=1S/C21H30N4O3S/c1-25(9-10-27-2)14-4-6-15(7-5-14)28-20-19-18-13(11-17(22)26)3-8-16(18)29-21(19)24-12-23-20/h12-15H,3-11H2,1-2H3,(H2,22,26)/t13-,14-,15-/m1/s1. The number of likely N-dealkylation sites (N-methyl/N-ethyl adjacent to an activating group) is 1. The zero-order valence-corrected chi connectivity index (χ0v) is 18.0. The van der Waals surface area contributed by atoms with Crippen molar-refractivity contribution in [1.82, 2.24) is 14.9 Å². The molecule has 0 saturated heterocycles. The Bertz CT molecular complexity index is 863. The van der Waals surface area contributed by atoms with Crippen LogP contribution in [0.25, 0.3) is 10.2 Å². The van der Waals surface area contributed by atoms with Crippen LogP contribution < -0.4 is 10.5 Å². The van der Waals surface area contributed by atoms with Gasteiger partial charge in [0.2, 0.25) is 11.8 Å². The van der Waals surface area contributed by atoms with Gasteiger partial charge in [-0.25, -0.2) is 9.97 Å². The topological polar surface area (TPSA) is 90.6 Å². The SMILES string of the molecule is COCCN(C)[C@H]1CC[C@H](Oc2ncnc3sc4c(c23)[C@@H](CC(N)=O)CC4)CC1. The summed E-state index contributed by atoms with van der Waals surface area (Å²) in [5, 5.41) is 1.01. The van der Waals surface area contributed by atoms with E-state index in [2.05, 4.69) is 21.9 Å². The largest absolute Gasteiger partial charge is 0.474 e. The maximum absolute atomic E-state index is 11.5. The predicted molar refractivity (Wildman–Crippen MR) is 113 cm³/mol. The van der Waals surface area contributed by atoms with Crippen LogP contribution in [0.5, 0.6) is 5.88 Å². The first-order chi connectivity index (χ1) is 14.1. The summed E-state index contributed by atoms with van der Waals surface area (Å²) in [5.41, 5.74) is 6.69. The van der Waals surface area contributed by atoms with Crippen LogP contribution in [0.15, 0.2) is 6.33 Å². The Morgan fingerprint density at radius 2 is 2.07 bits per heavy atom. The zero-order valence-electron chi connectivity index (χ0n) is 17.2. The molecule has 2 aromatic rings. The van der Waals surface area contributed by atoms with E-state index in [0.29, 0.717) is 18.3 Å². The van der Waals surface area contributed by atoms with Crippen LogP contribution in [0, 0.1) is 0 Å². The molecule has 1 amide bonds. The van der Waals surface area contributed by atoms with E-state index in [9.17, 15) is 4.79 Å². The first kappa shape index (κ1) is 20.5. The van der Waals surface area contributed by atoms with E-state index in [0.717, 1.165) is 61.9 Å². The van der Waals surface area contributed by atoms with Crippen LogP contribution in [0.4, 0.5) is 0 Å². The van der Waals surface area contributed by atoms with Crippen LogP contribution in [0.3, 0.4) is 0 Å². The van der Waals surface area contributed by atoms with Gasteiger partial charge in [0.05, 0.1) is 12.0 Å². The summed E-state index contributed by atoms with van der Waals surface area (Å²) in [4.78, 5) is 25.1. The maximum atomic E-state index is 11.5. The number of aromatic nitrogens is 2. The number of methoxy groups -OCH3 is 1. The third-order valence-electron chi connectivity index (χ3n) is 6.34. The molecule has 7 nitrogen and oxygen atoms in total. The molecule has 2 N–H and O–H groups in total. The summed E-state index contributed by atoms with van der Waals surface area (Å²) in [5.74, 6) is 0.590. The van der Waals surface area contributed by atoms with Crippen molar-refractivity contribution in [2.75, 3.05) is 27.3 Å². The fraction of sp³-hybridized carbons (Fsp3) is 0.667. The number of hydrogen-bond acceptors (Lipinski definition) is 7. The van der Waals surface area contributed by atoms with Gasteiger partial charge in [0.15, 0.2) is 0 Å². The molecule has 8 heteroatoms. The van der Waals surface area contributed by atoms with Crippen LogP contribution in [-0.4, -0.2) is 60.2 Å². The van der Waals surface area contributed by atoms with E-state index < -0.39 is 0 Å². The number of carbonyl (C=O) groups is 1. The molecular formula is C21H30N4O3S. The summed E-state index contributed by atoms with van der Waals surface area (Å²) < 4.78 is 11.6. The van der Waals surface area contributed by atoms with Crippen LogP contribution in [0.2, 0.25) is 0 Å². The fourth-order valence-corrected chi connectivity index (χ4v) is 5.99. The predicted octanol–water partition coefficient (Wildman–Crippen LogP) is 2.86. The Labute approximate surface area is 175 Å². The molecule has 0 radical (unpaired) electrons. The van der Waals surface area contributed by atoms with E-state index in [-0.39, 0.29) is 17.9 Å². The smallest absolute Gasteiger partial charge is 0.225 e. The third kappa shape index (κ3) is 4.39. The van der Waals surface area contributed by atoms with Gasteiger partial charge in [-0.05, 0) is 57.1 Å². The van der Waals surface area contributed by atoms with E-state index in [1.165, 1.54) is 10.4 Å². The third-order valence-corrected chi connectivity index (χ3v) is 7.51. The highest BCUT2D eigenvalue weighted by molar-refractivity contribution is 7.19. The molecule has 158 valence electrons. The first-order valence-electron chi connectivity index (χ1n) is 10.5. The quantitative estimate of drug-likeness (QED) is 0.709. The maximum Gasteiger partial charge on any atom is 0.225 e. The number of nitrogens with two attached hydrogens (primary N) is 1. The lowest BCUT2D eigenvalue weighted by molar-refractivity contribution is -0.118. The second kappa shape index (κ2) is 8.93. The number of fused-ring (bicyclic) bond motifs is 3. The lowest BCUT2D eigenvalue weighted by Crippen LogP contribution is -2.39. The monoisotopic (exact) mass is 418 g/mol. The van der Waals surface area contributed by atoms with Crippen molar-refractivity contribution >= 4 is 27.5 Å². The molecule has 2 aromatic heterocycles. The number of primary amides is 1. The molecule has 0 bridgehead atoms. The van der Waals surface area contributed by atoms with Crippen LogP contribution >= 0.6 is 11.3 Å². The van der Waals surface area contributed by atoms with Crippen LogP contribution in [0.1, 0.15) is 54.9 Å². The Kier molecular flexibility index (Phi) is 6.32. The molecule has 0 unspecified atom stereocenters. The van der Waals surface area contributed by atoms with Gasteiger partial charge in [-0.3, -0.25) is 4.79 Å². The van der Waals surface area contributed by atoms with E-state index in [1.807, 2.05) is 0 Å². The molecule has 0 aromatic carbocycles. The minimum Gasteiger partial charge on any atom is -0.474 e. The number of amides is 1. The van der Waals surface area contributed by atoms with Crippen LogP contribution in [-0.2, 0) is 16.0 Å². The van der Waals surface area contributed by atoms with Crippen molar-refractivity contribution in [2.45, 2.75) is 63.0 Å². The van der Waals surface area contributed by atoms with Gasteiger partial charge >= 0.3 is 0 Å². The fourth-order valence-electron chi connectivity index (χ4n) is 4.76. The molecule has 1 fully saturated rings. The van der Waals surface area contributed by atoms with Crippen molar-refractivity contribution in [3.8, 4) is 5.88 Å². The van der Waals surface area contributed by atoms with Gasteiger partial charge in [0, 0.05) is 31.0 Å². The van der Waals surface area contributed by atoms with Crippen molar-refractivity contribution in [3.05, 3.63) is 16.8 Å². The second-order valence-corrected chi connectivity index (χ2v) is 9.31. The molecule has 2 aliphatic rings. The molecule has 29 heavy (non-hydrogen) atoms. The van der Waals surface area contributed by atoms with Crippen molar-refractivity contribution < 1.29 is 14.3 Å². The number of aryl methyl sites for hydroxylation is 1. The summed E-state index contributed by atoms with van der Waals surface area (Å²) >= 11 is 1.70. The molecule has 4 rings (SSSR count). The number of thiophene rings is 1. The highest BCUT2D eigenvalue weighted by atomic mass is 32.1. The summed E-state index contributed by atoms with van der Waals surface area (Å²) in [6, 6.07) is 0.584. The summed E-state index contributed by atoms with van der Waals surface area (Å²) in [7, 11) is 3.92. The summed E-state index contributed by atoms with van der Waals surface area (Å²) in [6.07, 6.45) is 8.36. The molecule has 0 spiro atoms. The molecule has 2 heterocycles. The van der Waals surface area contributed by atoms with Gasteiger partial charge in [0.25, 0.3) is 0 Å². The van der Waals surface area contributed by atoms with Crippen molar-refractivity contribution in [2.24, 2.45) is 5.73 Å². The van der Waals surface area contributed by atoms with E-state index >= 15 is 0 Å². The number of nitrogens with zero attached hydrogens (tertiary/aromatic N) is 3. The lowest BCUT2D eigenvalue weighted by atomic mass is 9.92. The average molecular weight is 419 g/mol. The summed E-state index contributed by atoms with van der Waals surface area (Å²) in [6.45, 7) is 1.73. The molecular weight excluding hydrogens is 388 g/mol. The number of ether oxygens (including phenoxy) is 2. The Morgan fingerprint density at radius 1 is 1.28 bits per heavy atom. The van der Waals surface area contributed by atoms with E-state index in [4.69, 9.17) is 15.2 Å². The average Bonchev–Trinajstić information content (AvgIpc) is 3.26. The van der Waals surface area contributed by atoms with Crippen molar-refractivity contribution in [1.29, 1.82) is 0 Å². The minimum absolute atomic E-state index is 0.162. The molecule has 1 saturated carbocycles. The van der Waals surface area contributed by atoms with E-state index in [1.54, 1.807) is 24.8 Å². The number of rotatable bonds is 8. The second-order valence-electron chi connectivity index (χ2n) is 8.23. The molecule has 2 aliphatic carbocycles. The van der Waals surface area contributed by atoms with Gasteiger partial charge in [-0.15, -0.1) is 11.3 Å². The lowest BCUT2D eigenvalue weighted by Gasteiger charge is -2.34. The number of carbonyl (C=O) groups excluding carboxylic acids is 1. The van der Waals surface area contributed by atoms with Gasteiger partial charge in [-0.2, -0.15) is 0 Å². The Balaban J connectivity index is 1.48. The Hall–Kier alpha value is -1.77. The highest BCUT2D eigenvalue weighted by Gasteiger charge is 2.32. The molecule has 0 aliphatic heterocycles. The number of hydrogen-bond donors (Lipinski definition) is 1. The molecule has 1 atom stereocenters.